The fraction of sp³-hybridized carbons (Fsp3) is 0.308. The lowest BCUT2D eigenvalue weighted by Crippen LogP contribution is -2.12. The molecule has 2 N–H and O–H groups in total. The van der Waals surface area contributed by atoms with Crippen molar-refractivity contribution in [3.8, 4) is 5.75 Å². The molecular formula is C13H16N2OS. The third kappa shape index (κ3) is 3.05. The maximum atomic E-state index is 9.21. The summed E-state index contributed by atoms with van der Waals surface area (Å²) in [5, 5.41) is 15.6. The van der Waals surface area contributed by atoms with Gasteiger partial charge in [-0.1, -0.05) is 12.1 Å². The van der Waals surface area contributed by atoms with E-state index in [1.165, 1.54) is 5.56 Å². The minimum absolute atomic E-state index is 0.291. The highest BCUT2D eigenvalue weighted by Crippen LogP contribution is 2.20. The van der Waals surface area contributed by atoms with E-state index in [0.29, 0.717) is 11.8 Å². The van der Waals surface area contributed by atoms with Crippen molar-refractivity contribution in [3.63, 3.8) is 0 Å². The average molecular weight is 248 g/mol. The van der Waals surface area contributed by atoms with Crippen molar-refractivity contribution in [2.75, 3.05) is 7.05 Å². The van der Waals surface area contributed by atoms with Crippen LogP contribution in [0.1, 0.15) is 29.2 Å². The standard InChI is InChI=1S/C13H16N2OS/c1-9(14-2)12-8-17-13(15-12)7-10-3-5-11(16)6-4-10/h3-6,8-9,14,16H,7H2,1-2H3. The molecule has 1 unspecified atom stereocenters. The Morgan fingerprint density at radius 3 is 2.71 bits per heavy atom. The van der Waals surface area contributed by atoms with Gasteiger partial charge < -0.3 is 10.4 Å². The van der Waals surface area contributed by atoms with E-state index in [9.17, 15) is 5.11 Å². The second-order valence-electron chi connectivity index (χ2n) is 4.02. The molecule has 1 aromatic carbocycles. The molecule has 2 aromatic rings. The molecule has 0 saturated heterocycles. The van der Waals surface area contributed by atoms with Crippen molar-refractivity contribution >= 4 is 11.3 Å². The summed E-state index contributed by atoms with van der Waals surface area (Å²) in [4.78, 5) is 4.59. The number of hydrogen-bond acceptors (Lipinski definition) is 4. The first-order valence-electron chi connectivity index (χ1n) is 5.58. The van der Waals surface area contributed by atoms with Crippen LogP contribution < -0.4 is 5.32 Å². The lowest BCUT2D eigenvalue weighted by molar-refractivity contribution is 0.475. The van der Waals surface area contributed by atoms with E-state index in [2.05, 4.69) is 22.6 Å². The van der Waals surface area contributed by atoms with Crippen molar-refractivity contribution < 1.29 is 5.11 Å². The van der Waals surface area contributed by atoms with Crippen LogP contribution in [-0.4, -0.2) is 17.1 Å². The summed E-state index contributed by atoms with van der Waals surface area (Å²) >= 11 is 1.68. The fourth-order valence-electron chi connectivity index (χ4n) is 1.54. The van der Waals surface area contributed by atoms with Crippen LogP contribution in [-0.2, 0) is 6.42 Å². The lowest BCUT2D eigenvalue weighted by atomic mass is 10.1. The van der Waals surface area contributed by atoms with Crippen LogP contribution in [0, 0.1) is 0 Å². The maximum Gasteiger partial charge on any atom is 0.115 e. The minimum atomic E-state index is 0.291. The number of benzene rings is 1. The van der Waals surface area contributed by atoms with E-state index in [1.807, 2.05) is 19.2 Å². The van der Waals surface area contributed by atoms with E-state index in [0.717, 1.165) is 17.1 Å². The van der Waals surface area contributed by atoms with Gasteiger partial charge in [0.2, 0.25) is 0 Å². The molecule has 0 aliphatic heterocycles. The second-order valence-corrected chi connectivity index (χ2v) is 4.96. The highest BCUT2D eigenvalue weighted by atomic mass is 32.1. The largest absolute Gasteiger partial charge is 0.508 e. The second kappa shape index (κ2) is 5.29. The smallest absolute Gasteiger partial charge is 0.115 e. The zero-order chi connectivity index (χ0) is 12.3. The van der Waals surface area contributed by atoms with Gasteiger partial charge in [-0.25, -0.2) is 4.98 Å². The molecule has 0 aliphatic carbocycles. The third-order valence-electron chi connectivity index (χ3n) is 2.74. The molecule has 1 aromatic heterocycles. The van der Waals surface area contributed by atoms with Gasteiger partial charge in [0.05, 0.1) is 10.7 Å². The number of nitrogens with zero attached hydrogens (tertiary/aromatic N) is 1. The van der Waals surface area contributed by atoms with Gasteiger partial charge in [0, 0.05) is 17.8 Å². The summed E-state index contributed by atoms with van der Waals surface area (Å²) in [5.41, 5.74) is 2.26. The topological polar surface area (TPSA) is 45.1 Å². The summed E-state index contributed by atoms with van der Waals surface area (Å²) in [5.74, 6) is 0.303. The Labute approximate surface area is 105 Å². The maximum absolute atomic E-state index is 9.21. The lowest BCUT2D eigenvalue weighted by Gasteiger charge is -2.05. The van der Waals surface area contributed by atoms with E-state index in [4.69, 9.17) is 0 Å². The van der Waals surface area contributed by atoms with Crippen LogP contribution in [0.15, 0.2) is 29.6 Å². The zero-order valence-corrected chi connectivity index (χ0v) is 10.8. The Hall–Kier alpha value is -1.39. The Bertz CT molecular complexity index is 478. The molecular weight excluding hydrogens is 232 g/mol. The first-order chi connectivity index (χ1) is 8.19. The number of rotatable bonds is 4. The summed E-state index contributed by atoms with van der Waals surface area (Å²) in [7, 11) is 1.93. The molecule has 4 heteroatoms. The van der Waals surface area contributed by atoms with Crippen molar-refractivity contribution in [1.82, 2.24) is 10.3 Å². The van der Waals surface area contributed by atoms with Crippen LogP contribution in [0.4, 0.5) is 0 Å². The molecule has 0 amide bonds. The van der Waals surface area contributed by atoms with Gasteiger partial charge in [0.1, 0.15) is 5.75 Å². The van der Waals surface area contributed by atoms with Gasteiger partial charge >= 0.3 is 0 Å². The van der Waals surface area contributed by atoms with Crippen molar-refractivity contribution in [3.05, 3.63) is 45.9 Å². The van der Waals surface area contributed by atoms with Gasteiger partial charge in [-0.3, -0.25) is 0 Å². The summed E-state index contributed by atoms with van der Waals surface area (Å²) in [6.07, 6.45) is 0.821. The Balaban J connectivity index is 2.08. The number of phenolic OH excluding ortho intramolecular Hbond substituents is 1. The monoisotopic (exact) mass is 248 g/mol. The number of aromatic hydroxyl groups is 1. The van der Waals surface area contributed by atoms with E-state index >= 15 is 0 Å². The average Bonchev–Trinajstić information content (AvgIpc) is 2.80. The van der Waals surface area contributed by atoms with Crippen LogP contribution in [0.5, 0.6) is 5.75 Å². The predicted octanol–water partition coefficient (Wildman–Crippen LogP) is 2.72. The number of hydrogen-bond donors (Lipinski definition) is 2. The summed E-state index contributed by atoms with van der Waals surface area (Å²) in [6, 6.07) is 7.57. The highest BCUT2D eigenvalue weighted by molar-refractivity contribution is 7.09. The Kier molecular flexibility index (Phi) is 3.76. The van der Waals surface area contributed by atoms with Crippen molar-refractivity contribution in [2.45, 2.75) is 19.4 Å². The van der Waals surface area contributed by atoms with Gasteiger partial charge in [0.15, 0.2) is 0 Å². The molecule has 0 spiro atoms. The van der Waals surface area contributed by atoms with E-state index in [-0.39, 0.29) is 0 Å². The fourth-order valence-corrected chi connectivity index (χ4v) is 2.46. The number of nitrogens with one attached hydrogen (secondary N) is 1. The molecule has 0 saturated carbocycles. The zero-order valence-electron chi connectivity index (χ0n) is 9.97. The summed E-state index contributed by atoms with van der Waals surface area (Å²) < 4.78 is 0. The molecule has 1 heterocycles. The highest BCUT2D eigenvalue weighted by Gasteiger charge is 2.08. The predicted molar refractivity (Wildman–Crippen MR) is 70.5 cm³/mol. The van der Waals surface area contributed by atoms with Gasteiger partial charge in [-0.15, -0.1) is 11.3 Å². The van der Waals surface area contributed by atoms with Gasteiger partial charge in [-0.05, 0) is 31.7 Å². The first-order valence-corrected chi connectivity index (χ1v) is 6.46. The first kappa shape index (κ1) is 12.1. The molecule has 0 fully saturated rings. The Morgan fingerprint density at radius 2 is 2.06 bits per heavy atom. The van der Waals surface area contributed by atoms with Crippen LogP contribution >= 0.6 is 11.3 Å². The number of thiazole rings is 1. The molecule has 0 aliphatic rings. The third-order valence-corrected chi connectivity index (χ3v) is 3.60. The summed E-state index contributed by atoms with van der Waals surface area (Å²) in [6.45, 7) is 2.10. The van der Waals surface area contributed by atoms with Crippen LogP contribution in [0.25, 0.3) is 0 Å². The van der Waals surface area contributed by atoms with Crippen LogP contribution in [0.2, 0.25) is 0 Å². The molecule has 1 atom stereocenters. The van der Waals surface area contributed by atoms with E-state index in [1.54, 1.807) is 23.5 Å². The molecule has 17 heavy (non-hydrogen) atoms. The molecule has 0 bridgehead atoms. The Morgan fingerprint density at radius 1 is 1.35 bits per heavy atom. The molecule has 3 nitrogen and oxygen atoms in total. The van der Waals surface area contributed by atoms with Gasteiger partial charge in [0.25, 0.3) is 0 Å². The van der Waals surface area contributed by atoms with Crippen molar-refractivity contribution in [1.29, 1.82) is 0 Å². The normalized spacial score (nSPS) is 12.6. The van der Waals surface area contributed by atoms with Gasteiger partial charge in [-0.2, -0.15) is 0 Å². The van der Waals surface area contributed by atoms with Crippen molar-refractivity contribution in [2.24, 2.45) is 0 Å². The van der Waals surface area contributed by atoms with Crippen LogP contribution in [0.3, 0.4) is 0 Å². The van der Waals surface area contributed by atoms with E-state index < -0.39 is 0 Å². The number of aromatic nitrogens is 1. The molecule has 2 rings (SSSR count). The quantitative estimate of drug-likeness (QED) is 0.874. The minimum Gasteiger partial charge on any atom is -0.508 e. The molecule has 0 radical (unpaired) electrons. The number of phenols is 1. The molecule has 90 valence electrons. The SMILES string of the molecule is CNC(C)c1csc(Cc2ccc(O)cc2)n1.